The Morgan fingerprint density at radius 3 is 1.77 bits per heavy atom. The Bertz CT molecular complexity index is 2510. The number of nitrogens with one attached hydrogen (secondary N) is 1. The van der Waals surface area contributed by atoms with E-state index < -0.39 is 0 Å². The first-order chi connectivity index (χ1) is 23.1. The first kappa shape index (κ1) is 29.1. The molecule has 0 aliphatic rings. The maximum Gasteiger partial charge on any atom is 0.0734 e. The Morgan fingerprint density at radius 1 is 0.638 bits per heavy atom. The molecule has 0 unspecified atom stereocenters. The molecule has 47 heavy (non-hydrogen) atoms. The largest absolute Gasteiger partial charge is 0.360 e. The van der Waals surface area contributed by atoms with Gasteiger partial charge in [-0.3, -0.25) is 0 Å². The van der Waals surface area contributed by atoms with Crippen molar-refractivity contribution in [1.82, 2.24) is 19.5 Å². The summed E-state index contributed by atoms with van der Waals surface area (Å²) in [4.78, 5) is 18.7. The Labute approximate surface area is 269 Å². The highest BCUT2D eigenvalue weighted by molar-refractivity contribution is 5.98. The van der Waals surface area contributed by atoms with E-state index in [0.29, 0.717) is 13.1 Å². The maximum atomic E-state index is 8.67. The van der Waals surface area contributed by atoms with Crippen LogP contribution in [0.15, 0.2) is 132 Å². The molecule has 0 saturated heterocycles. The molecule has 4 heterocycles. The van der Waals surface area contributed by atoms with Crippen LogP contribution in [0.3, 0.4) is 0 Å². The van der Waals surface area contributed by atoms with Crippen molar-refractivity contribution in [1.29, 1.82) is 0 Å². The van der Waals surface area contributed by atoms with Crippen molar-refractivity contribution in [2.45, 2.75) is 13.1 Å². The van der Waals surface area contributed by atoms with Crippen molar-refractivity contribution in [2.24, 2.45) is 17.3 Å². The number of para-hydroxylation sites is 4. The number of aromatic amines is 1. The molecule has 0 aliphatic heterocycles. The zero-order valence-corrected chi connectivity index (χ0v) is 25.5. The van der Waals surface area contributed by atoms with Crippen LogP contribution in [0.2, 0.25) is 0 Å². The number of benzene rings is 4. The second-order valence-electron chi connectivity index (χ2n) is 11.1. The molecule has 4 aromatic heterocycles. The maximum absolute atomic E-state index is 8.67. The summed E-state index contributed by atoms with van der Waals surface area (Å²) >= 11 is 0. The van der Waals surface area contributed by atoms with Crippen molar-refractivity contribution in [3.05, 3.63) is 154 Å². The Hall–Kier alpha value is -6.60. The monoisotopic (exact) mass is 612 g/mol. The number of hydrogen-bond donors (Lipinski definition) is 1. The summed E-state index contributed by atoms with van der Waals surface area (Å²) in [6, 6.07) is 36.3. The van der Waals surface area contributed by atoms with E-state index >= 15 is 0 Å². The summed E-state index contributed by atoms with van der Waals surface area (Å²) in [6.45, 7) is 0.631. The van der Waals surface area contributed by atoms with Gasteiger partial charge < -0.3 is 9.55 Å². The van der Waals surface area contributed by atoms with Gasteiger partial charge in [0, 0.05) is 73.0 Å². The third kappa shape index (κ3) is 5.69. The Balaban J connectivity index is 0.000000150. The molecule has 8 rings (SSSR count). The van der Waals surface area contributed by atoms with Gasteiger partial charge in [0.25, 0.3) is 0 Å². The third-order valence-electron chi connectivity index (χ3n) is 8.25. The van der Waals surface area contributed by atoms with Gasteiger partial charge >= 0.3 is 0 Å². The number of pyridine rings is 2. The molecule has 0 fully saturated rings. The van der Waals surface area contributed by atoms with Crippen molar-refractivity contribution in [2.75, 3.05) is 0 Å². The summed E-state index contributed by atoms with van der Waals surface area (Å²) in [5.74, 6) is 0. The predicted octanol–water partition coefficient (Wildman–Crippen LogP) is 10.4. The van der Waals surface area contributed by atoms with Crippen LogP contribution >= 0.6 is 0 Å². The Morgan fingerprint density at radius 2 is 1.15 bits per heavy atom. The summed E-state index contributed by atoms with van der Waals surface area (Å²) < 4.78 is 2.11. The van der Waals surface area contributed by atoms with Gasteiger partial charge in [-0.2, -0.15) is 0 Å². The first-order valence-electron chi connectivity index (χ1n) is 15.0. The zero-order valence-electron chi connectivity index (χ0n) is 25.5. The lowest BCUT2D eigenvalue weighted by atomic mass is 10.0. The van der Waals surface area contributed by atoms with Crippen molar-refractivity contribution < 1.29 is 0 Å². The smallest absolute Gasteiger partial charge is 0.0734 e. The lowest BCUT2D eigenvalue weighted by Crippen LogP contribution is -1.91. The molecule has 0 atom stereocenters. The molecule has 1 N–H and O–H groups in total. The fourth-order valence-corrected chi connectivity index (χ4v) is 6.08. The highest BCUT2D eigenvalue weighted by Gasteiger charge is 2.13. The lowest BCUT2D eigenvalue weighted by molar-refractivity contribution is 0.969. The SMILES string of the molecule is Cn1cc(-c2cc(CN=[N+]=[N-])c3ccccc3n2)c2ccccc21.[N-]=[N+]=NCc1cc(-c2c[nH]c3ccccc23)nc2ccccc12. The molecular formula is C37H28N10. The number of rotatable bonds is 6. The fourth-order valence-electron chi connectivity index (χ4n) is 6.08. The molecule has 226 valence electrons. The number of fused-ring (bicyclic) bond motifs is 4. The topological polar surface area (TPSA) is 144 Å². The molecule has 0 amide bonds. The minimum Gasteiger partial charge on any atom is -0.360 e. The van der Waals surface area contributed by atoms with Crippen molar-refractivity contribution >= 4 is 43.6 Å². The molecule has 0 aliphatic carbocycles. The van der Waals surface area contributed by atoms with Crippen LogP contribution < -0.4 is 0 Å². The standard InChI is InChI=1S/C19H15N5.C18H13N5/c1-24-12-16(15-7-3-5-9-19(15)24)18-10-13(11-21-23-20)14-6-2-4-8-17(14)22-18;19-23-21-10-12-9-18(22-17-8-4-1-5-13(12)17)15-11-20-16-7-3-2-6-14(15)16/h2-10,12H,11H2,1H3;1-9,11,20H,10H2. The number of aromatic nitrogens is 4. The number of azide groups is 2. The van der Waals surface area contributed by atoms with E-state index in [4.69, 9.17) is 21.0 Å². The minimum absolute atomic E-state index is 0.314. The molecule has 0 radical (unpaired) electrons. The molecule has 10 nitrogen and oxygen atoms in total. The summed E-state index contributed by atoms with van der Waals surface area (Å²) in [5, 5.41) is 11.8. The quantitative estimate of drug-likeness (QED) is 0.113. The van der Waals surface area contributed by atoms with E-state index in [0.717, 1.165) is 71.7 Å². The average molecular weight is 613 g/mol. The van der Waals surface area contributed by atoms with Crippen LogP contribution in [-0.2, 0) is 20.1 Å². The van der Waals surface area contributed by atoms with Gasteiger partial charge in [0.15, 0.2) is 0 Å². The first-order valence-corrected chi connectivity index (χ1v) is 15.0. The van der Waals surface area contributed by atoms with Crippen molar-refractivity contribution in [3.63, 3.8) is 0 Å². The number of hydrogen-bond acceptors (Lipinski definition) is 4. The number of nitrogens with zero attached hydrogens (tertiary/aromatic N) is 9. The van der Waals surface area contributed by atoms with Gasteiger partial charge in [-0.1, -0.05) is 83.0 Å². The van der Waals surface area contributed by atoms with Gasteiger partial charge in [0.05, 0.1) is 35.5 Å². The molecule has 10 heteroatoms. The van der Waals surface area contributed by atoms with E-state index in [1.54, 1.807) is 0 Å². The second kappa shape index (κ2) is 12.8. The van der Waals surface area contributed by atoms with Crippen LogP contribution in [0.25, 0.3) is 87.0 Å². The van der Waals surface area contributed by atoms with E-state index in [-0.39, 0.29) is 0 Å². The van der Waals surface area contributed by atoms with Gasteiger partial charge in [-0.25, -0.2) is 9.97 Å². The minimum atomic E-state index is 0.314. The number of aryl methyl sites for hydroxylation is 1. The second-order valence-corrected chi connectivity index (χ2v) is 11.1. The summed E-state index contributed by atoms with van der Waals surface area (Å²) in [7, 11) is 2.04. The highest BCUT2D eigenvalue weighted by atomic mass is 15.1. The van der Waals surface area contributed by atoms with Crippen LogP contribution in [0.4, 0.5) is 0 Å². The molecule has 0 bridgehead atoms. The highest BCUT2D eigenvalue weighted by Crippen LogP contribution is 2.33. The summed E-state index contributed by atoms with van der Waals surface area (Å²) in [5.41, 5.74) is 27.2. The van der Waals surface area contributed by atoms with Crippen LogP contribution in [-0.4, -0.2) is 19.5 Å². The fraction of sp³-hybridized carbons (Fsp3) is 0.0811. The molecular weight excluding hydrogens is 584 g/mol. The van der Waals surface area contributed by atoms with E-state index in [1.807, 2.05) is 104 Å². The third-order valence-corrected chi connectivity index (χ3v) is 8.25. The number of H-pyrrole nitrogens is 1. The Kier molecular flexibility index (Phi) is 7.93. The van der Waals surface area contributed by atoms with Crippen LogP contribution in [0, 0.1) is 0 Å². The molecule has 0 spiro atoms. The molecule has 0 saturated carbocycles. The van der Waals surface area contributed by atoms with Crippen molar-refractivity contribution in [3.8, 4) is 22.5 Å². The zero-order chi connectivity index (χ0) is 32.2. The predicted molar refractivity (Wildman–Crippen MR) is 188 cm³/mol. The molecule has 8 aromatic rings. The average Bonchev–Trinajstić information content (AvgIpc) is 3.71. The summed E-state index contributed by atoms with van der Waals surface area (Å²) in [6.07, 6.45) is 4.07. The van der Waals surface area contributed by atoms with Gasteiger partial charge in [-0.15, -0.1) is 0 Å². The van der Waals surface area contributed by atoms with Crippen LogP contribution in [0.1, 0.15) is 11.1 Å². The van der Waals surface area contributed by atoms with E-state index in [9.17, 15) is 0 Å². The van der Waals surface area contributed by atoms with Gasteiger partial charge in [0.1, 0.15) is 0 Å². The van der Waals surface area contributed by atoms with E-state index in [1.165, 1.54) is 5.52 Å². The lowest BCUT2D eigenvalue weighted by Gasteiger charge is -2.07. The van der Waals surface area contributed by atoms with Crippen LogP contribution in [0.5, 0.6) is 0 Å². The normalized spacial score (nSPS) is 10.8. The van der Waals surface area contributed by atoms with Gasteiger partial charge in [0.2, 0.25) is 0 Å². The van der Waals surface area contributed by atoms with Gasteiger partial charge in [-0.05, 0) is 58.6 Å². The molecule has 4 aromatic carbocycles. The van der Waals surface area contributed by atoms with E-state index in [2.05, 4.69) is 54.0 Å².